The number of nitrogens with zero attached hydrogens (tertiary/aromatic N) is 2. The van der Waals surface area contributed by atoms with E-state index in [2.05, 4.69) is 25.8 Å². The molecule has 0 aromatic heterocycles. The van der Waals surface area contributed by atoms with E-state index in [9.17, 15) is 14.4 Å². The fraction of sp³-hybridized carbons (Fsp3) is 0.276. The van der Waals surface area contributed by atoms with Crippen LogP contribution >= 0.6 is 0 Å². The molecule has 4 rings (SSSR count). The molecule has 0 bridgehead atoms. The van der Waals surface area contributed by atoms with E-state index in [4.69, 9.17) is 0 Å². The monoisotopic (exact) mass is 499 g/mol. The molecule has 0 unspecified atom stereocenters. The minimum atomic E-state index is -0.283. The highest BCUT2D eigenvalue weighted by Gasteiger charge is 2.22. The Morgan fingerprint density at radius 1 is 0.649 bits per heavy atom. The molecule has 3 amide bonds. The summed E-state index contributed by atoms with van der Waals surface area (Å²) in [5.74, 6) is -0.495. The zero-order valence-electron chi connectivity index (χ0n) is 21.3. The van der Waals surface area contributed by atoms with Crippen LogP contribution in [0.1, 0.15) is 21.5 Å². The average Bonchev–Trinajstić information content (AvgIpc) is 2.88. The van der Waals surface area contributed by atoms with Gasteiger partial charge in [0.1, 0.15) is 0 Å². The van der Waals surface area contributed by atoms with Gasteiger partial charge in [0.2, 0.25) is 11.8 Å². The number of amides is 3. The van der Waals surface area contributed by atoms with E-state index in [1.807, 2.05) is 62.4 Å². The van der Waals surface area contributed by atoms with E-state index < -0.39 is 0 Å². The lowest BCUT2D eigenvalue weighted by atomic mass is 10.1. The zero-order chi connectivity index (χ0) is 26.2. The number of hydrogen-bond donors (Lipinski definition) is 3. The predicted octanol–water partition coefficient (Wildman–Crippen LogP) is 3.75. The van der Waals surface area contributed by atoms with Gasteiger partial charge < -0.3 is 16.0 Å². The molecule has 3 aromatic rings. The molecule has 0 radical (unpaired) electrons. The van der Waals surface area contributed by atoms with E-state index in [-0.39, 0.29) is 24.3 Å². The van der Waals surface area contributed by atoms with Crippen molar-refractivity contribution in [2.75, 3.05) is 55.2 Å². The number of benzene rings is 3. The van der Waals surface area contributed by atoms with Crippen LogP contribution in [0.5, 0.6) is 0 Å². The van der Waals surface area contributed by atoms with Crippen LogP contribution in [0.3, 0.4) is 0 Å². The molecule has 1 heterocycles. The molecule has 37 heavy (non-hydrogen) atoms. The summed E-state index contributed by atoms with van der Waals surface area (Å²) in [7, 11) is 0. The first-order valence-electron chi connectivity index (χ1n) is 12.4. The third-order valence-corrected chi connectivity index (χ3v) is 6.42. The summed E-state index contributed by atoms with van der Waals surface area (Å²) < 4.78 is 0. The van der Waals surface area contributed by atoms with Gasteiger partial charge in [-0.1, -0.05) is 48.5 Å². The molecule has 1 saturated heterocycles. The second kappa shape index (κ2) is 12.3. The first kappa shape index (κ1) is 26.1. The minimum absolute atomic E-state index is 0.0334. The maximum Gasteiger partial charge on any atom is 0.257 e. The van der Waals surface area contributed by atoms with Crippen molar-refractivity contribution in [2.45, 2.75) is 13.8 Å². The van der Waals surface area contributed by atoms with Gasteiger partial charge in [-0.2, -0.15) is 0 Å². The average molecular weight is 500 g/mol. The largest absolute Gasteiger partial charge is 0.324 e. The Morgan fingerprint density at radius 3 is 1.81 bits per heavy atom. The quantitative estimate of drug-likeness (QED) is 0.439. The van der Waals surface area contributed by atoms with Gasteiger partial charge in [-0.25, -0.2) is 0 Å². The summed E-state index contributed by atoms with van der Waals surface area (Å²) in [6.07, 6.45) is 0. The molecule has 0 saturated carbocycles. The van der Waals surface area contributed by atoms with Crippen LogP contribution in [-0.2, 0) is 9.59 Å². The molecule has 1 aliphatic rings. The van der Waals surface area contributed by atoms with Gasteiger partial charge in [0.25, 0.3) is 5.91 Å². The van der Waals surface area contributed by atoms with Gasteiger partial charge in [0, 0.05) is 37.6 Å². The van der Waals surface area contributed by atoms with Crippen molar-refractivity contribution in [3.63, 3.8) is 0 Å². The standard InChI is InChI=1S/C29H33N5O3/c1-21-9-8-10-22(2)28(21)32-27(36)20-34-17-15-33(16-18-34)19-26(35)31-25-14-7-6-13-24(25)29(37)30-23-11-4-3-5-12-23/h3-14H,15-20H2,1-2H3,(H,30,37)(H,31,35)(H,32,36). The van der Waals surface area contributed by atoms with Crippen LogP contribution < -0.4 is 16.0 Å². The highest BCUT2D eigenvalue weighted by atomic mass is 16.2. The summed E-state index contributed by atoms with van der Waals surface area (Å²) in [4.78, 5) is 42.3. The van der Waals surface area contributed by atoms with Crippen molar-refractivity contribution in [3.05, 3.63) is 89.5 Å². The Balaban J connectivity index is 1.25. The third-order valence-electron chi connectivity index (χ3n) is 6.42. The van der Waals surface area contributed by atoms with E-state index in [0.29, 0.717) is 49.7 Å². The van der Waals surface area contributed by atoms with Crippen LogP contribution in [0.2, 0.25) is 0 Å². The zero-order valence-corrected chi connectivity index (χ0v) is 21.3. The van der Waals surface area contributed by atoms with Crippen molar-refractivity contribution < 1.29 is 14.4 Å². The van der Waals surface area contributed by atoms with E-state index in [1.165, 1.54) is 0 Å². The molecular weight excluding hydrogens is 466 g/mol. The number of carbonyl (C=O) groups is 3. The number of aryl methyl sites for hydroxylation is 2. The van der Waals surface area contributed by atoms with Crippen LogP contribution in [0.25, 0.3) is 0 Å². The molecule has 8 nitrogen and oxygen atoms in total. The van der Waals surface area contributed by atoms with Crippen LogP contribution in [0.15, 0.2) is 72.8 Å². The molecule has 0 aliphatic carbocycles. The highest BCUT2D eigenvalue weighted by molar-refractivity contribution is 6.10. The number of rotatable bonds is 8. The SMILES string of the molecule is Cc1cccc(C)c1NC(=O)CN1CCN(CC(=O)Nc2ccccc2C(=O)Nc2ccccc2)CC1. The van der Waals surface area contributed by atoms with Crippen molar-refractivity contribution >= 4 is 34.8 Å². The predicted molar refractivity (Wildman–Crippen MR) is 147 cm³/mol. The number of piperazine rings is 1. The summed E-state index contributed by atoms with van der Waals surface area (Å²) in [6.45, 7) is 7.27. The fourth-order valence-electron chi connectivity index (χ4n) is 4.40. The van der Waals surface area contributed by atoms with Gasteiger partial charge >= 0.3 is 0 Å². The molecule has 3 N–H and O–H groups in total. The number of carbonyl (C=O) groups excluding carboxylic acids is 3. The lowest BCUT2D eigenvalue weighted by Crippen LogP contribution is -2.50. The molecular formula is C29H33N5O3. The summed E-state index contributed by atoms with van der Waals surface area (Å²) in [5.41, 5.74) is 4.53. The van der Waals surface area contributed by atoms with Gasteiger partial charge in [-0.05, 0) is 49.2 Å². The van der Waals surface area contributed by atoms with Gasteiger partial charge in [0.15, 0.2) is 0 Å². The van der Waals surface area contributed by atoms with Crippen molar-refractivity contribution in [1.82, 2.24) is 9.80 Å². The third kappa shape index (κ3) is 7.25. The first-order chi connectivity index (χ1) is 17.9. The second-order valence-electron chi connectivity index (χ2n) is 9.28. The number of anilines is 3. The smallest absolute Gasteiger partial charge is 0.257 e. The number of para-hydroxylation sites is 3. The van der Waals surface area contributed by atoms with E-state index in [0.717, 1.165) is 16.8 Å². The lowest BCUT2D eigenvalue weighted by Gasteiger charge is -2.33. The Bertz CT molecular complexity index is 1230. The summed E-state index contributed by atoms with van der Waals surface area (Å²) in [5, 5.41) is 8.78. The van der Waals surface area contributed by atoms with Crippen LogP contribution in [-0.4, -0.2) is 66.8 Å². The Hall–Kier alpha value is -4.01. The molecule has 8 heteroatoms. The van der Waals surface area contributed by atoms with Gasteiger partial charge in [0.05, 0.1) is 24.3 Å². The van der Waals surface area contributed by atoms with Gasteiger partial charge in [-0.15, -0.1) is 0 Å². The topological polar surface area (TPSA) is 93.8 Å². The molecule has 192 valence electrons. The molecule has 3 aromatic carbocycles. The van der Waals surface area contributed by atoms with Gasteiger partial charge in [-0.3, -0.25) is 24.2 Å². The second-order valence-corrected chi connectivity index (χ2v) is 9.28. The fourth-order valence-corrected chi connectivity index (χ4v) is 4.40. The Labute approximate surface area is 217 Å². The molecule has 1 fully saturated rings. The Morgan fingerprint density at radius 2 is 1.19 bits per heavy atom. The summed E-state index contributed by atoms with van der Waals surface area (Å²) >= 11 is 0. The maximum atomic E-state index is 12.8. The first-order valence-corrected chi connectivity index (χ1v) is 12.4. The van der Waals surface area contributed by atoms with Crippen LogP contribution in [0.4, 0.5) is 17.1 Å². The van der Waals surface area contributed by atoms with Crippen molar-refractivity contribution in [2.24, 2.45) is 0 Å². The van der Waals surface area contributed by atoms with E-state index >= 15 is 0 Å². The van der Waals surface area contributed by atoms with Crippen molar-refractivity contribution in [1.29, 1.82) is 0 Å². The molecule has 1 aliphatic heterocycles. The summed E-state index contributed by atoms with van der Waals surface area (Å²) in [6, 6.07) is 22.1. The normalized spacial score (nSPS) is 14.1. The number of hydrogen-bond acceptors (Lipinski definition) is 5. The molecule has 0 atom stereocenters. The molecule has 0 spiro atoms. The minimum Gasteiger partial charge on any atom is -0.324 e. The van der Waals surface area contributed by atoms with E-state index in [1.54, 1.807) is 24.3 Å². The van der Waals surface area contributed by atoms with Crippen LogP contribution in [0, 0.1) is 13.8 Å². The Kier molecular flexibility index (Phi) is 8.66. The lowest BCUT2D eigenvalue weighted by molar-refractivity contribution is -0.120. The maximum absolute atomic E-state index is 12.8. The highest BCUT2D eigenvalue weighted by Crippen LogP contribution is 2.20. The number of nitrogens with one attached hydrogen (secondary N) is 3. The van der Waals surface area contributed by atoms with Crippen molar-refractivity contribution in [3.8, 4) is 0 Å².